The first kappa shape index (κ1) is 21.1. The number of carboxylic acids is 1. The summed E-state index contributed by atoms with van der Waals surface area (Å²) in [5.74, 6) is -0.621. The number of carbonyl (C=O) groups excluding carboxylic acids is 1. The van der Waals surface area contributed by atoms with Gasteiger partial charge in [0.25, 0.3) is 5.91 Å². The fourth-order valence-corrected chi connectivity index (χ4v) is 2.71. The van der Waals surface area contributed by atoms with E-state index in [2.05, 4.69) is 24.1 Å². The number of unbranched alkanes of at least 4 members (excludes halogenated alkanes) is 7. The Morgan fingerprint density at radius 1 is 0.960 bits per heavy atom. The number of amides is 1. The highest BCUT2D eigenvalue weighted by atomic mass is 16.4. The van der Waals surface area contributed by atoms with E-state index in [-0.39, 0.29) is 17.3 Å². The molecule has 0 aromatic carbocycles. The second-order valence-electron chi connectivity index (χ2n) is 6.98. The minimum absolute atomic E-state index is 0.110. The first-order valence-electron chi connectivity index (χ1n) is 9.49. The fraction of sp³-hybridized carbons (Fsp3) is 0.650. The van der Waals surface area contributed by atoms with Crippen molar-refractivity contribution in [3.05, 3.63) is 29.6 Å². The number of nitrogens with one attached hydrogen (secondary N) is 1. The molecule has 0 spiro atoms. The van der Waals surface area contributed by atoms with Gasteiger partial charge in [0.2, 0.25) is 0 Å². The molecule has 0 aliphatic rings. The summed E-state index contributed by atoms with van der Waals surface area (Å²) in [5.41, 5.74) is 0.0438. The molecule has 0 aliphatic heterocycles. The van der Waals surface area contributed by atoms with Gasteiger partial charge < -0.3 is 10.4 Å². The third-order valence-corrected chi connectivity index (χ3v) is 4.19. The zero-order valence-electron chi connectivity index (χ0n) is 15.6. The van der Waals surface area contributed by atoms with E-state index in [1.165, 1.54) is 63.1 Å². The van der Waals surface area contributed by atoms with Crippen molar-refractivity contribution in [1.82, 2.24) is 10.3 Å². The molecule has 25 heavy (non-hydrogen) atoms. The van der Waals surface area contributed by atoms with Crippen LogP contribution in [0, 0.1) is 5.92 Å². The molecule has 2 N–H and O–H groups in total. The molecule has 0 saturated heterocycles. The smallest absolute Gasteiger partial charge is 0.354 e. The Hall–Kier alpha value is -1.91. The Bertz CT molecular complexity index is 529. The van der Waals surface area contributed by atoms with Crippen molar-refractivity contribution < 1.29 is 14.7 Å². The van der Waals surface area contributed by atoms with Crippen molar-refractivity contribution >= 4 is 11.9 Å². The lowest BCUT2D eigenvalue weighted by Gasteiger charge is -2.06. The third-order valence-electron chi connectivity index (χ3n) is 4.19. The van der Waals surface area contributed by atoms with Crippen LogP contribution in [0.15, 0.2) is 18.2 Å². The molecule has 1 aromatic rings. The maximum absolute atomic E-state index is 11.9. The lowest BCUT2D eigenvalue weighted by atomic mass is 10.0. The summed E-state index contributed by atoms with van der Waals surface area (Å²) in [7, 11) is 0. The molecule has 0 aliphatic carbocycles. The molecule has 1 heterocycles. The normalized spacial score (nSPS) is 10.8. The number of hydrogen-bond donors (Lipinski definition) is 2. The monoisotopic (exact) mass is 348 g/mol. The molecular formula is C20H32N2O3. The summed E-state index contributed by atoms with van der Waals surface area (Å²) >= 11 is 0. The predicted molar refractivity (Wildman–Crippen MR) is 99.9 cm³/mol. The molecule has 0 atom stereocenters. The van der Waals surface area contributed by atoms with Crippen LogP contribution in [0.2, 0.25) is 0 Å². The molecule has 0 saturated carbocycles. The van der Waals surface area contributed by atoms with Crippen LogP contribution in [0.4, 0.5) is 0 Å². The molecule has 1 rings (SSSR count). The number of carbonyl (C=O) groups is 2. The second-order valence-corrected chi connectivity index (χ2v) is 6.98. The number of hydrogen-bond acceptors (Lipinski definition) is 3. The SMILES string of the molecule is CC(C)CCCCCCCCCCNC(=O)c1cccc(C(=O)O)n1. The van der Waals surface area contributed by atoms with Gasteiger partial charge in [-0.3, -0.25) is 4.79 Å². The van der Waals surface area contributed by atoms with Crippen molar-refractivity contribution in [3.8, 4) is 0 Å². The van der Waals surface area contributed by atoms with E-state index in [9.17, 15) is 9.59 Å². The van der Waals surface area contributed by atoms with E-state index in [4.69, 9.17) is 5.11 Å². The van der Waals surface area contributed by atoms with Crippen molar-refractivity contribution in [1.29, 1.82) is 0 Å². The highest BCUT2D eigenvalue weighted by Gasteiger charge is 2.10. The Labute approximate surface area is 151 Å². The number of aromatic carboxylic acids is 1. The van der Waals surface area contributed by atoms with Crippen molar-refractivity contribution in [2.24, 2.45) is 5.92 Å². The van der Waals surface area contributed by atoms with Crippen LogP contribution in [0.5, 0.6) is 0 Å². The number of pyridine rings is 1. The summed E-state index contributed by atoms with van der Waals surface area (Å²) in [6.45, 7) is 5.15. The van der Waals surface area contributed by atoms with Crippen LogP contribution in [0.1, 0.15) is 92.6 Å². The van der Waals surface area contributed by atoms with Crippen LogP contribution >= 0.6 is 0 Å². The molecule has 1 aromatic heterocycles. The molecule has 0 unspecified atom stereocenters. The van der Waals surface area contributed by atoms with Crippen LogP contribution in [-0.4, -0.2) is 28.5 Å². The number of rotatable bonds is 13. The van der Waals surface area contributed by atoms with Crippen LogP contribution < -0.4 is 5.32 Å². The second kappa shape index (κ2) is 12.5. The average Bonchev–Trinajstić information content (AvgIpc) is 2.59. The van der Waals surface area contributed by atoms with Gasteiger partial charge in [-0.05, 0) is 24.5 Å². The van der Waals surface area contributed by atoms with E-state index in [1.807, 2.05) is 0 Å². The molecule has 0 bridgehead atoms. The van der Waals surface area contributed by atoms with E-state index >= 15 is 0 Å². The van der Waals surface area contributed by atoms with Gasteiger partial charge in [0.05, 0.1) is 0 Å². The van der Waals surface area contributed by atoms with Gasteiger partial charge in [0.15, 0.2) is 0 Å². The topological polar surface area (TPSA) is 79.3 Å². The van der Waals surface area contributed by atoms with Gasteiger partial charge in [-0.15, -0.1) is 0 Å². The molecule has 5 heteroatoms. The van der Waals surface area contributed by atoms with Crippen LogP contribution in [-0.2, 0) is 0 Å². The van der Waals surface area contributed by atoms with Crippen molar-refractivity contribution in [2.75, 3.05) is 6.54 Å². The minimum Gasteiger partial charge on any atom is -0.477 e. The zero-order valence-corrected chi connectivity index (χ0v) is 15.6. The lowest BCUT2D eigenvalue weighted by Crippen LogP contribution is -2.25. The summed E-state index contributed by atoms with van der Waals surface area (Å²) in [4.78, 5) is 26.6. The fourth-order valence-electron chi connectivity index (χ4n) is 2.71. The highest BCUT2D eigenvalue weighted by Crippen LogP contribution is 2.12. The van der Waals surface area contributed by atoms with Crippen molar-refractivity contribution in [3.63, 3.8) is 0 Å². The quantitative estimate of drug-likeness (QED) is 0.507. The summed E-state index contributed by atoms with van der Waals surface area (Å²) < 4.78 is 0. The highest BCUT2D eigenvalue weighted by molar-refractivity contribution is 5.94. The average molecular weight is 348 g/mol. The molecular weight excluding hydrogens is 316 g/mol. The minimum atomic E-state index is -1.13. The molecule has 5 nitrogen and oxygen atoms in total. The van der Waals surface area contributed by atoms with E-state index in [0.717, 1.165) is 18.8 Å². The zero-order chi connectivity index (χ0) is 18.5. The van der Waals surface area contributed by atoms with Crippen molar-refractivity contribution in [2.45, 2.75) is 71.6 Å². The molecule has 0 radical (unpaired) electrons. The largest absolute Gasteiger partial charge is 0.477 e. The Balaban J connectivity index is 2.03. The van der Waals surface area contributed by atoms with Gasteiger partial charge in [-0.25, -0.2) is 9.78 Å². The Morgan fingerprint density at radius 3 is 2.12 bits per heavy atom. The number of carboxylic acid groups (broad SMARTS) is 1. The van der Waals surface area contributed by atoms with E-state index in [1.54, 1.807) is 0 Å². The standard InChI is InChI=1S/C20H32N2O3/c1-16(2)12-9-7-5-3-4-6-8-10-15-21-19(23)17-13-11-14-18(22-17)20(24)25/h11,13-14,16H,3-10,12,15H2,1-2H3,(H,21,23)(H,24,25). The lowest BCUT2D eigenvalue weighted by molar-refractivity contribution is 0.0690. The molecule has 1 amide bonds. The summed E-state index contributed by atoms with van der Waals surface area (Å²) in [5, 5.41) is 11.7. The van der Waals surface area contributed by atoms with Gasteiger partial charge in [0.1, 0.15) is 11.4 Å². The maximum Gasteiger partial charge on any atom is 0.354 e. The van der Waals surface area contributed by atoms with E-state index in [0.29, 0.717) is 6.54 Å². The Morgan fingerprint density at radius 2 is 1.52 bits per heavy atom. The third kappa shape index (κ3) is 9.85. The maximum atomic E-state index is 11.9. The van der Waals surface area contributed by atoms with Gasteiger partial charge >= 0.3 is 5.97 Å². The predicted octanol–water partition coefficient (Wildman–Crippen LogP) is 4.68. The molecule has 0 fully saturated rings. The summed E-state index contributed by atoms with van der Waals surface area (Å²) in [6, 6.07) is 4.44. The summed E-state index contributed by atoms with van der Waals surface area (Å²) in [6.07, 6.45) is 11.2. The first-order chi connectivity index (χ1) is 12.0. The Kier molecular flexibility index (Phi) is 10.5. The van der Waals surface area contributed by atoms with Gasteiger partial charge in [-0.1, -0.05) is 71.3 Å². The van der Waals surface area contributed by atoms with Gasteiger partial charge in [-0.2, -0.15) is 0 Å². The van der Waals surface area contributed by atoms with Gasteiger partial charge in [0, 0.05) is 6.54 Å². The van der Waals surface area contributed by atoms with Crippen LogP contribution in [0.3, 0.4) is 0 Å². The first-order valence-corrected chi connectivity index (χ1v) is 9.49. The number of nitrogens with zero attached hydrogens (tertiary/aromatic N) is 1. The van der Waals surface area contributed by atoms with E-state index < -0.39 is 5.97 Å². The van der Waals surface area contributed by atoms with Crippen LogP contribution in [0.25, 0.3) is 0 Å². The molecule has 140 valence electrons. The number of aromatic nitrogens is 1.